The van der Waals surface area contributed by atoms with E-state index >= 15 is 0 Å². The summed E-state index contributed by atoms with van der Waals surface area (Å²) in [7, 11) is 0. The Balaban J connectivity index is 1.18. The zero-order chi connectivity index (χ0) is 25.1. The van der Waals surface area contributed by atoms with E-state index in [1.54, 1.807) is 17.3 Å². The van der Waals surface area contributed by atoms with Crippen molar-refractivity contribution in [2.45, 2.75) is 19.5 Å². The van der Waals surface area contributed by atoms with Gasteiger partial charge in [0.15, 0.2) is 0 Å². The quantitative estimate of drug-likeness (QED) is 0.579. The van der Waals surface area contributed by atoms with Crippen LogP contribution in [0.3, 0.4) is 0 Å². The van der Waals surface area contributed by atoms with Gasteiger partial charge in [-0.2, -0.15) is 0 Å². The zero-order valence-corrected chi connectivity index (χ0v) is 20.6. The fourth-order valence-electron chi connectivity index (χ4n) is 5.42. The second-order valence-corrected chi connectivity index (χ2v) is 9.69. The van der Waals surface area contributed by atoms with Gasteiger partial charge in [-0.15, -0.1) is 0 Å². The molecule has 10 nitrogen and oxygen atoms in total. The van der Waals surface area contributed by atoms with Crippen LogP contribution in [0.1, 0.15) is 12.7 Å². The highest BCUT2D eigenvalue weighted by Crippen LogP contribution is 2.32. The number of anilines is 1. The van der Waals surface area contributed by atoms with E-state index in [2.05, 4.69) is 27.5 Å². The van der Waals surface area contributed by atoms with Gasteiger partial charge < -0.3 is 19.5 Å². The number of piperidine rings is 1. The van der Waals surface area contributed by atoms with Crippen LogP contribution in [-0.2, 0) is 20.9 Å². The summed E-state index contributed by atoms with van der Waals surface area (Å²) < 4.78 is 5.25. The number of benzene rings is 1. The number of piperazine rings is 1. The fraction of sp³-hybridized carbons (Fsp3) is 0.500. The van der Waals surface area contributed by atoms with Gasteiger partial charge >= 0.3 is 0 Å². The van der Waals surface area contributed by atoms with Gasteiger partial charge in [-0.1, -0.05) is 25.1 Å². The van der Waals surface area contributed by atoms with Crippen LogP contribution in [0.2, 0.25) is 0 Å². The average molecular weight is 495 g/mol. The number of nitrogens with one attached hydrogen (secondary N) is 2. The van der Waals surface area contributed by atoms with Crippen molar-refractivity contribution in [2.75, 3.05) is 57.4 Å². The lowest BCUT2D eigenvalue weighted by atomic mass is 9.83. The van der Waals surface area contributed by atoms with Gasteiger partial charge in [-0.25, -0.2) is 10.4 Å². The molecule has 3 atom stereocenters. The van der Waals surface area contributed by atoms with E-state index in [0.717, 1.165) is 18.0 Å². The molecular formula is C26H34N6O4. The molecule has 5 rings (SSSR count). The first-order valence-corrected chi connectivity index (χ1v) is 12.7. The summed E-state index contributed by atoms with van der Waals surface area (Å²) >= 11 is 0. The zero-order valence-electron chi connectivity index (χ0n) is 20.6. The molecule has 10 heteroatoms. The molecule has 0 spiro atoms. The Morgan fingerprint density at radius 3 is 2.50 bits per heavy atom. The molecule has 2 N–H and O–H groups in total. The van der Waals surface area contributed by atoms with Crippen molar-refractivity contribution >= 4 is 23.4 Å². The number of likely N-dealkylation sites (tertiary alicyclic amines) is 1. The third-order valence-electron chi connectivity index (χ3n) is 7.46. The molecule has 0 saturated carbocycles. The maximum Gasteiger partial charge on any atom is 0.247 e. The number of rotatable bonds is 7. The van der Waals surface area contributed by atoms with Crippen LogP contribution in [-0.4, -0.2) is 90.8 Å². The molecule has 1 aromatic heterocycles. The summed E-state index contributed by atoms with van der Waals surface area (Å²) in [6.07, 6.45) is 1.59. The molecule has 3 amide bonds. The van der Waals surface area contributed by atoms with Crippen molar-refractivity contribution in [3.05, 3.63) is 54.5 Å². The number of para-hydroxylation sites is 1. The van der Waals surface area contributed by atoms with Gasteiger partial charge in [-0.05, 0) is 30.8 Å². The summed E-state index contributed by atoms with van der Waals surface area (Å²) in [5.74, 6) is 0.203. The van der Waals surface area contributed by atoms with Crippen LogP contribution in [0.15, 0.2) is 53.1 Å². The predicted octanol–water partition coefficient (Wildman–Crippen LogP) is 0.528. The molecule has 3 aliphatic heterocycles. The number of hydrogen-bond acceptors (Lipinski definition) is 7. The van der Waals surface area contributed by atoms with Gasteiger partial charge in [0.05, 0.1) is 42.9 Å². The van der Waals surface area contributed by atoms with Crippen molar-refractivity contribution in [3.8, 4) is 0 Å². The number of amides is 3. The van der Waals surface area contributed by atoms with E-state index in [-0.39, 0.29) is 35.6 Å². The van der Waals surface area contributed by atoms with Crippen molar-refractivity contribution in [1.82, 2.24) is 25.4 Å². The van der Waals surface area contributed by atoms with Crippen LogP contribution < -0.4 is 15.8 Å². The Kier molecular flexibility index (Phi) is 7.35. The Hall–Kier alpha value is -3.21. The highest BCUT2D eigenvalue weighted by atomic mass is 16.3. The first-order chi connectivity index (χ1) is 17.5. The second-order valence-electron chi connectivity index (χ2n) is 9.69. The largest absolute Gasteiger partial charge is 0.467 e. The third kappa shape index (κ3) is 5.16. The van der Waals surface area contributed by atoms with Crippen LogP contribution in [0.5, 0.6) is 0 Å². The number of carbonyl (C=O) groups is 3. The SMILES string of the molecule is CCN1CC(C(=O)N2CCN(CC(=O)NCc3ccco3)CC2)C2NN(c3ccccc3)C(=O)C2C1. The fourth-order valence-corrected chi connectivity index (χ4v) is 5.42. The molecule has 3 unspecified atom stereocenters. The highest BCUT2D eigenvalue weighted by molar-refractivity contribution is 5.98. The average Bonchev–Trinajstić information content (AvgIpc) is 3.55. The molecular weight excluding hydrogens is 460 g/mol. The standard InChI is InChI=1S/C26H34N6O4/c1-2-29-16-21(24-22(17-29)26(35)32(28-24)19-7-4-3-5-8-19)25(34)31-12-10-30(11-13-31)18-23(33)27-15-20-9-6-14-36-20/h3-9,14,21-22,24,28H,2,10-13,15-18H2,1H3,(H,27,33). The van der Waals surface area contributed by atoms with E-state index in [4.69, 9.17) is 4.42 Å². The number of fused-ring (bicyclic) bond motifs is 1. The molecule has 0 bridgehead atoms. The Labute approximate surface area is 211 Å². The minimum atomic E-state index is -0.301. The summed E-state index contributed by atoms with van der Waals surface area (Å²) in [5, 5.41) is 4.49. The first-order valence-electron chi connectivity index (χ1n) is 12.7. The molecule has 2 aromatic rings. The lowest BCUT2D eigenvalue weighted by Crippen LogP contribution is -2.60. The maximum atomic E-state index is 13.7. The van der Waals surface area contributed by atoms with Crippen molar-refractivity contribution < 1.29 is 18.8 Å². The summed E-state index contributed by atoms with van der Waals surface area (Å²) in [6, 6.07) is 12.9. The minimum absolute atomic E-state index is 0.0209. The summed E-state index contributed by atoms with van der Waals surface area (Å²) in [5.41, 5.74) is 4.17. The minimum Gasteiger partial charge on any atom is -0.467 e. The predicted molar refractivity (Wildman–Crippen MR) is 134 cm³/mol. The van der Waals surface area contributed by atoms with Gasteiger partial charge in [0, 0.05) is 39.3 Å². The number of nitrogens with zero attached hydrogens (tertiary/aromatic N) is 4. The molecule has 3 fully saturated rings. The molecule has 36 heavy (non-hydrogen) atoms. The molecule has 1 aromatic carbocycles. The van der Waals surface area contributed by atoms with E-state index in [9.17, 15) is 14.4 Å². The molecule has 3 saturated heterocycles. The molecule has 0 aliphatic carbocycles. The Bertz CT molecular complexity index is 1050. The number of furan rings is 1. The normalized spacial score (nSPS) is 25.1. The number of hydrazine groups is 1. The van der Waals surface area contributed by atoms with E-state index in [0.29, 0.717) is 52.4 Å². The van der Waals surface area contributed by atoms with Crippen molar-refractivity contribution in [2.24, 2.45) is 11.8 Å². The molecule has 4 heterocycles. The molecule has 192 valence electrons. The molecule has 0 radical (unpaired) electrons. The Morgan fingerprint density at radius 2 is 1.81 bits per heavy atom. The second kappa shape index (κ2) is 10.8. The monoisotopic (exact) mass is 494 g/mol. The maximum absolute atomic E-state index is 13.7. The lowest BCUT2D eigenvalue weighted by molar-refractivity contribution is -0.141. The summed E-state index contributed by atoms with van der Waals surface area (Å²) in [4.78, 5) is 45.5. The van der Waals surface area contributed by atoms with Crippen LogP contribution in [0.25, 0.3) is 0 Å². The topological polar surface area (TPSA) is 101 Å². The van der Waals surface area contributed by atoms with E-state index in [1.807, 2.05) is 41.3 Å². The number of hydrogen-bond donors (Lipinski definition) is 2. The first kappa shape index (κ1) is 24.5. The van der Waals surface area contributed by atoms with Gasteiger partial charge in [0.1, 0.15) is 5.76 Å². The van der Waals surface area contributed by atoms with Crippen LogP contribution >= 0.6 is 0 Å². The Morgan fingerprint density at radius 1 is 1.03 bits per heavy atom. The summed E-state index contributed by atoms with van der Waals surface area (Å²) in [6.45, 7) is 7.24. The van der Waals surface area contributed by atoms with Gasteiger partial charge in [0.25, 0.3) is 0 Å². The molecule has 3 aliphatic rings. The van der Waals surface area contributed by atoms with E-state index in [1.165, 1.54) is 0 Å². The van der Waals surface area contributed by atoms with Gasteiger partial charge in [0.2, 0.25) is 17.7 Å². The van der Waals surface area contributed by atoms with Crippen molar-refractivity contribution in [3.63, 3.8) is 0 Å². The third-order valence-corrected chi connectivity index (χ3v) is 7.46. The van der Waals surface area contributed by atoms with Crippen LogP contribution in [0.4, 0.5) is 5.69 Å². The van der Waals surface area contributed by atoms with Crippen LogP contribution in [0, 0.1) is 11.8 Å². The lowest BCUT2D eigenvalue weighted by Gasteiger charge is -2.42. The number of carbonyl (C=O) groups excluding carboxylic acids is 3. The highest BCUT2D eigenvalue weighted by Gasteiger charge is 2.51. The van der Waals surface area contributed by atoms with Gasteiger partial charge in [-0.3, -0.25) is 19.3 Å². The smallest absolute Gasteiger partial charge is 0.247 e. The van der Waals surface area contributed by atoms with E-state index < -0.39 is 0 Å². The van der Waals surface area contributed by atoms with Crippen molar-refractivity contribution in [1.29, 1.82) is 0 Å².